The van der Waals surface area contributed by atoms with Crippen LogP contribution in [0.5, 0.6) is 0 Å². The van der Waals surface area contributed by atoms with Crippen LogP contribution in [0.25, 0.3) is 0 Å². The summed E-state index contributed by atoms with van der Waals surface area (Å²) in [6.07, 6.45) is -0.170. The van der Waals surface area contributed by atoms with E-state index in [2.05, 4.69) is 0 Å². The van der Waals surface area contributed by atoms with Crippen LogP contribution in [0.4, 0.5) is 0 Å². The van der Waals surface area contributed by atoms with E-state index < -0.39 is 11.9 Å². The number of aliphatic carboxylic acids is 1. The SMILES string of the molecule is [2H][C@](C)(CC(=O)O)c1ccccc1. The molecule has 1 atom stereocenters. The summed E-state index contributed by atoms with van der Waals surface area (Å²) in [5, 5.41) is 8.59. The van der Waals surface area contributed by atoms with Crippen molar-refractivity contribution in [2.75, 3.05) is 0 Å². The van der Waals surface area contributed by atoms with Gasteiger partial charge in [-0.15, -0.1) is 0 Å². The highest BCUT2D eigenvalue weighted by Gasteiger charge is 2.08. The van der Waals surface area contributed by atoms with Gasteiger partial charge in [-0.3, -0.25) is 4.79 Å². The number of carboxylic acid groups (broad SMARTS) is 1. The number of rotatable bonds is 3. The van der Waals surface area contributed by atoms with Crippen molar-refractivity contribution in [3.8, 4) is 0 Å². The smallest absolute Gasteiger partial charge is 0.303 e. The van der Waals surface area contributed by atoms with E-state index in [1.165, 1.54) is 0 Å². The van der Waals surface area contributed by atoms with Crippen molar-refractivity contribution in [3.63, 3.8) is 0 Å². The molecule has 0 radical (unpaired) electrons. The molecule has 0 aliphatic heterocycles. The molecule has 0 spiro atoms. The minimum absolute atomic E-state index is 0.170. The number of carboxylic acids is 1. The zero-order valence-corrected chi connectivity index (χ0v) is 6.95. The third kappa shape index (κ3) is 2.38. The summed E-state index contributed by atoms with van der Waals surface area (Å²) in [5.74, 6) is -1.98. The first-order valence-corrected chi connectivity index (χ1v) is 3.80. The quantitative estimate of drug-likeness (QED) is 0.745. The Balaban J connectivity index is 2.87. The maximum atomic E-state index is 10.5. The van der Waals surface area contributed by atoms with Crippen molar-refractivity contribution in [3.05, 3.63) is 35.9 Å². The average Bonchev–Trinajstić information content (AvgIpc) is 2.04. The lowest BCUT2D eigenvalue weighted by Gasteiger charge is -2.07. The molecule has 2 nitrogen and oxygen atoms in total. The summed E-state index contributed by atoms with van der Waals surface area (Å²) >= 11 is 0. The van der Waals surface area contributed by atoms with Gasteiger partial charge in [0.05, 0.1) is 6.42 Å². The number of hydrogen-bond donors (Lipinski definition) is 1. The first-order valence-electron chi connectivity index (χ1n) is 4.30. The number of hydrogen-bond acceptors (Lipinski definition) is 1. The summed E-state index contributed by atoms with van der Waals surface area (Å²) in [7, 11) is 0. The number of carbonyl (C=O) groups is 1. The molecular formula is C10H12O2. The van der Waals surface area contributed by atoms with E-state index >= 15 is 0 Å². The zero-order valence-electron chi connectivity index (χ0n) is 7.95. The summed E-state index contributed by atoms with van der Waals surface area (Å²) in [6.45, 7) is 1.61. The normalized spacial score (nSPS) is 16.2. The van der Waals surface area contributed by atoms with Crippen LogP contribution < -0.4 is 0 Å². The Labute approximate surface area is 73.3 Å². The first kappa shape index (κ1) is 7.35. The molecule has 0 amide bonds. The third-order valence-corrected chi connectivity index (χ3v) is 1.68. The van der Waals surface area contributed by atoms with Gasteiger partial charge in [0.25, 0.3) is 0 Å². The van der Waals surface area contributed by atoms with Gasteiger partial charge in [-0.05, 0) is 11.5 Å². The van der Waals surface area contributed by atoms with Crippen molar-refractivity contribution in [2.24, 2.45) is 0 Å². The van der Waals surface area contributed by atoms with E-state index in [1.54, 1.807) is 19.1 Å². The largest absolute Gasteiger partial charge is 0.481 e. The molecule has 1 N–H and O–H groups in total. The van der Waals surface area contributed by atoms with Crippen LogP contribution in [-0.4, -0.2) is 11.1 Å². The van der Waals surface area contributed by atoms with Gasteiger partial charge >= 0.3 is 5.97 Å². The molecule has 0 unspecified atom stereocenters. The van der Waals surface area contributed by atoms with Crippen LogP contribution >= 0.6 is 0 Å². The second-order valence-corrected chi connectivity index (χ2v) is 2.72. The van der Waals surface area contributed by atoms with Gasteiger partial charge < -0.3 is 5.11 Å². The molecule has 1 rings (SSSR count). The van der Waals surface area contributed by atoms with Crippen LogP contribution in [0, 0.1) is 0 Å². The van der Waals surface area contributed by atoms with Crippen LogP contribution in [0.2, 0.25) is 0 Å². The van der Waals surface area contributed by atoms with Gasteiger partial charge in [-0.2, -0.15) is 0 Å². The van der Waals surface area contributed by atoms with Crippen molar-refractivity contribution in [1.82, 2.24) is 0 Å². The summed E-state index contributed by atoms with van der Waals surface area (Å²) in [4.78, 5) is 10.5. The van der Waals surface area contributed by atoms with Gasteiger partial charge in [-0.25, -0.2) is 0 Å². The minimum Gasteiger partial charge on any atom is -0.481 e. The fraction of sp³-hybridized carbons (Fsp3) is 0.300. The molecule has 2 heteroatoms. The lowest BCUT2D eigenvalue weighted by molar-refractivity contribution is -0.137. The van der Waals surface area contributed by atoms with E-state index in [0.29, 0.717) is 0 Å². The fourth-order valence-corrected chi connectivity index (χ4v) is 1.05. The van der Waals surface area contributed by atoms with Crippen molar-refractivity contribution in [2.45, 2.75) is 19.2 Å². The molecule has 1 aromatic rings. The Kier molecular flexibility index (Phi) is 2.39. The Morgan fingerprint density at radius 1 is 1.58 bits per heavy atom. The molecule has 0 aliphatic rings. The third-order valence-electron chi connectivity index (χ3n) is 1.68. The summed E-state index contributed by atoms with van der Waals surface area (Å²) in [5.41, 5.74) is 0.734. The van der Waals surface area contributed by atoms with Crippen LogP contribution in [0.3, 0.4) is 0 Å². The van der Waals surface area contributed by atoms with Crippen molar-refractivity contribution in [1.29, 1.82) is 0 Å². The topological polar surface area (TPSA) is 37.3 Å². The summed E-state index contributed by atoms with van der Waals surface area (Å²) < 4.78 is 7.82. The summed E-state index contributed by atoms with van der Waals surface area (Å²) in [6, 6.07) is 9.01. The molecule has 64 valence electrons. The second kappa shape index (κ2) is 3.90. The molecule has 0 aromatic heterocycles. The highest BCUT2D eigenvalue weighted by molar-refractivity contribution is 5.67. The van der Waals surface area contributed by atoms with Crippen LogP contribution in [0.15, 0.2) is 30.3 Å². The maximum absolute atomic E-state index is 10.5. The van der Waals surface area contributed by atoms with Gasteiger partial charge in [0.2, 0.25) is 0 Å². The van der Waals surface area contributed by atoms with Gasteiger partial charge in [0.15, 0.2) is 0 Å². The van der Waals surface area contributed by atoms with Gasteiger partial charge in [0.1, 0.15) is 0 Å². The van der Waals surface area contributed by atoms with Gasteiger partial charge in [0, 0.05) is 1.37 Å². The molecular weight excluding hydrogens is 152 g/mol. The lowest BCUT2D eigenvalue weighted by Crippen LogP contribution is -2.02. The second-order valence-electron chi connectivity index (χ2n) is 2.72. The Bertz CT molecular complexity index is 293. The van der Waals surface area contributed by atoms with Crippen molar-refractivity contribution >= 4 is 5.97 Å². The Morgan fingerprint density at radius 2 is 2.17 bits per heavy atom. The predicted molar refractivity (Wildman–Crippen MR) is 47.1 cm³/mol. The lowest BCUT2D eigenvalue weighted by atomic mass is 9.98. The molecule has 0 bridgehead atoms. The molecule has 0 heterocycles. The molecule has 0 fully saturated rings. The van der Waals surface area contributed by atoms with Crippen LogP contribution in [0.1, 0.15) is 26.2 Å². The molecule has 1 aromatic carbocycles. The predicted octanol–water partition coefficient (Wildman–Crippen LogP) is 2.26. The molecule has 12 heavy (non-hydrogen) atoms. The Hall–Kier alpha value is -1.31. The van der Waals surface area contributed by atoms with E-state index in [4.69, 9.17) is 6.48 Å². The average molecular weight is 165 g/mol. The monoisotopic (exact) mass is 165 g/mol. The highest BCUT2D eigenvalue weighted by atomic mass is 16.4. The first-order chi connectivity index (χ1) is 6.02. The van der Waals surface area contributed by atoms with E-state index in [-0.39, 0.29) is 6.42 Å². The number of benzene rings is 1. The van der Waals surface area contributed by atoms with Crippen molar-refractivity contribution < 1.29 is 11.3 Å². The molecule has 0 saturated heterocycles. The Morgan fingerprint density at radius 3 is 2.67 bits per heavy atom. The minimum atomic E-state index is -1.03. The maximum Gasteiger partial charge on any atom is 0.303 e. The zero-order chi connectivity index (χ0) is 9.90. The molecule has 0 aliphatic carbocycles. The molecule has 0 saturated carbocycles. The van der Waals surface area contributed by atoms with E-state index in [1.807, 2.05) is 18.2 Å². The van der Waals surface area contributed by atoms with E-state index in [9.17, 15) is 4.79 Å². The van der Waals surface area contributed by atoms with E-state index in [0.717, 1.165) is 5.56 Å². The standard InChI is InChI=1S/C10H12O2/c1-8(7-10(11)12)9-5-3-2-4-6-9/h2-6,8H,7H2,1H3,(H,11,12)/t8-/m0/s1/i8D. The van der Waals surface area contributed by atoms with Crippen LogP contribution in [-0.2, 0) is 4.79 Å². The fourth-order valence-electron chi connectivity index (χ4n) is 1.05. The van der Waals surface area contributed by atoms with Gasteiger partial charge in [-0.1, -0.05) is 37.3 Å². The highest BCUT2D eigenvalue weighted by Crippen LogP contribution is 2.17.